The van der Waals surface area contributed by atoms with E-state index in [-0.39, 0.29) is 6.10 Å². The molecule has 0 aliphatic heterocycles. The Bertz CT molecular complexity index is 460. The molecule has 0 saturated heterocycles. The molecule has 19 heavy (non-hydrogen) atoms. The molecule has 4 nitrogen and oxygen atoms in total. The molecule has 1 aliphatic rings. The summed E-state index contributed by atoms with van der Waals surface area (Å²) in [7, 11) is 0. The minimum Gasteiger partial charge on any atom is -0.492 e. The van der Waals surface area contributed by atoms with E-state index in [1.807, 2.05) is 13.0 Å². The molecule has 4 heteroatoms. The number of rotatable bonds is 4. The fourth-order valence-corrected chi connectivity index (χ4v) is 2.34. The van der Waals surface area contributed by atoms with Crippen molar-refractivity contribution in [1.82, 2.24) is 0 Å². The van der Waals surface area contributed by atoms with Gasteiger partial charge in [0.1, 0.15) is 17.6 Å². The molecule has 1 saturated carbocycles. The van der Waals surface area contributed by atoms with Crippen LogP contribution in [0.4, 0.5) is 0 Å². The molecule has 2 rings (SSSR count). The molecule has 102 valence electrons. The Morgan fingerprint density at radius 1 is 1.32 bits per heavy atom. The van der Waals surface area contributed by atoms with Crippen molar-refractivity contribution in [1.29, 1.82) is 5.26 Å². The van der Waals surface area contributed by atoms with Crippen LogP contribution in [0.15, 0.2) is 18.2 Å². The number of ether oxygens (including phenoxy) is 2. The monoisotopic (exact) mass is 260 g/mol. The van der Waals surface area contributed by atoms with Crippen LogP contribution in [0.1, 0.15) is 38.2 Å². The second-order valence-corrected chi connectivity index (χ2v) is 4.86. The molecule has 0 heterocycles. The third-order valence-corrected chi connectivity index (χ3v) is 3.39. The summed E-state index contributed by atoms with van der Waals surface area (Å²) in [6, 6.07) is 7.82. The molecule has 1 aliphatic carbocycles. The van der Waals surface area contributed by atoms with Crippen LogP contribution in [0.3, 0.4) is 0 Å². The highest BCUT2D eigenvalue weighted by atomic mass is 16.5. The number of nitriles is 1. The van der Waals surface area contributed by atoms with Crippen LogP contribution in [0.2, 0.25) is 0 Å². The highest BCUT2D eigenvalue weighted by molar-refractivity contribution is 5.47. The van der Waals surface area contributed by atoms with Crippen LogP contribution in [0.25, 0.3) is 0 Å². The quantitative estimate of drug-likeness (QED) is 0.903. The lowest BCUT2D eigenvalue weighted by Crippen LogP contribution is -2.31. The summed E-state index contributed by atoms with van der Waals surface area (Å²) < 4.78 is 11.4. The van der Waals surface area contributed by atoms with E-state index >= 15 is 0 Å². The van der Waals surface area contributed by atoms with Gasteiger partial charge in [-0.2, -0.15) is 5.26 Å². The van der Waals surface area contributed by atoms with Gasteiger partial charge < -0.3 is 15.2 Å². The molecule has 0 radical (unpaired) electrons. The first-order valence-electron chi connectivity index (χ1n) is 6.82. The van der Waals surface area contributed by atoms with Crippen LogP contribution in [-0.2, 0) is 0 Å². The van der Waals surface area contributed by atoms with Crippen molar-refractivity contribution in [2.75, 3.05) is 6.61 Å². The summed E-state index contributed by atoms with van der Waals surface area (Å²) in [6.45, 7) is 2.44. The van der Waals surface area contributed by atoms with Gasteiger partial charge in [-0.15, -0.1) is 0 Å². The van der Waals surface area contributed by atoms with Crippen LogP contribution in [-0.4, -0.2) is 18.8 Å². The average Bonchev–Trinajstić information content (AvgIpc) is 2.42. The minimum atomic E-state index is 0.224. The SMILES string of the molecule is CCOc1cc(OC2CCC(N)CC2)ccc1C#N. The topological polar surface area (TPSA) is 68.3 Å². The highest BCUT2D eigenvalue weighted by Crippen LogP contribution is 2.28. The first kappa shape index (κ1) is 13.7. The van der Waals surface area contributed by atoms with E-state index in [0.29, 0.717) is 24.0 Å². The summed E-state index contributed by atoms with van der Waals surface area (Å²) in [5.41, 5.74) is 6.42. The van der Waals surface area contributed by atoms with Crippen molar-refractivity contribution in [3.63, 3.8) is 0 Å². The second-order valence-electron chi connectivity index (χ2n) is 4.86. The van der Waals surface area contributed by atoms with Crippen molar-refractivity contribution in [3.05, 3.63) is 23.8 Å². The molecule has 0 bridgehead atoms. The van der Waals surface area contributed by atoms with Crippen LogP contribution in [0.5, 0.6) is 11.5 Å². The van der Waals surface area contributed by atoms with E-state index in [1.54, 1.807) is 12.1 Å². The lowest BCUT2D eigenvalue weighted by atomic mass is 9.94. The summed E-state index contributed by atoms with van der Waals surface area (Å²) >= 11 is 0. The van der Waals surface area contributed by atoms with Gasteiger partial charge in [0.05, 0.1) is 18.3 Å². The van der Waals surface area contributed by atoms with Crippen LogP contribution in [0, 0.1) is 11.3 Å². The van der Waals surface area contributed by atoms with Gasteiger partial charge in [-0.3, -0.25) is 0 Å². The van der Waals surface area contributed by atoms with Gasteiger partial charge >= 0.3 is 0 Å². The van der Waals surface area contributed by atoms with Crippen LogP contribution < -0.4 is 15.2 Å². The predicted molar refractivity (Wildman–Crippen MR) is 73.2 cm³/mol. The third kappa shape index (κ3) is 3.62. The smallest absolute Gasteiger partial charge is 0.140 e. The van der Waals surface area contributed by atoms with E-state index in [1.165, 1.54) is 0 Å². The summed E-state index contributed by atoms with van der Waals surface area (Å²) in [6.07, 6.45) is 4.23. The molecule has 0 atom stereocenters. The molecule has 0 aromatic heterocycles. The molecule has 0 spiro atoms. The lowest BCUT2D eigenvalue weighted by molar-refractivity contribution is 0.146. The molecule has 0 unspecified atom stereocenters. The van der Waals surface area contributed by atoms with E-state index < -0.39 is 0 Å². The zero-order valence-electron chi connectivity index (χ0n) is 11.3. The van der Waals surface area contributed by atoms with Gasteiger partial charge in [0.25, 0.3) is 0 Å². The second kappa shape index (κ2) is 6.44. The lowest BCUT2D eigenvalue weighted by Gasteiger charge is -2.27. The van der Waals surface area contributed by atoms with Crippen molar-refractivity contribution in [2.24, 2.45) is 5.73 Å². The standard InChI is InChI=1S/C15H20N2O2/c1-2-18-15-9-14(6-3-11(15)10-16)19-13-7-4-12(17)5-8-13/h3,6,9,12-13H,2,4-5,7-8,17H2,1H3. The van der Waals surface area contributed by atoms with Crippen molar-refractivity contribution in [2.45, 2.75) is 44.8 Å². The van der Waals surface area contributed by atoms with Gasteiger partial charge in [0.15, 0.2) is 0 Å². The molecular formula is C15H20N2O2. The zero-order chi connectivity index (χ0) is 13.7. The molecule has 1 aromatic carbocycles. The van der Waals surface area contributed by atoms with Gasteiger partial charge in [0, 0.05) is 12.1 Å². The van der Waals surface area contributed by atoms with Gasteiger partial charge in [-0.25, -0.2) is 0 Å². The molecule has 2 N–H and O–H groups in total. The maximum Gasteiger partial charge on any atom is 0.140 e. The van der Waals surface area contributed by atoms with Gasteiger partial charge in [-0.1, -0.05) is 0 Å². The Balaban J connectivity index is 2.04. The van der Waals surface area contributed by atoms with E-state index in [2.05, 4.69) is 6.07 Å². The fraction of sp³-hybridized carbons (Fsp3) is 0.533. The van der Waals surface area contributed by atoms with E-state index in [0.717, 1.165) is 31.4 Å². The van der Waals surface area contributed by atoms with E-state index in [9.17, 15) is 0 Å². The van der Waals surface area contributed by atoms with E-state index in [4.69, 9.17) is 20.5 Å². The Morgan fingerprint density at radius 3 is 2.68 bits per heavy atom. The summed E-state index contributed by atoms with van der Waals surface area (Å²) in [5, 5.41) is 9.00. The summed E-state index contributed by atoms with van der Waals surface area (Å²) in [5.74, 6) is 1.36. The molecule has 1 aromatic rings. The average molecular weight is 260 g/mol. The number of nitrogens with two attached hydrogens (primary N) is 1. The fourth-order valence-electron chi connectivity index (χ4n) is 2.34. The van der Waals surface area contributed by atoms with Crippen molar-refractivity contribution < 1.29 is 9.47 Å². The Morgan fingerprint density at radius 2 is 2.05 bits per heavy atom. The Kier molecular flexibility index (Phi) is 4.64. The normalized spacial score (nSPS) is 22.6. The van der Waals surface area contributed by atoms with Gasteiger partial charge in [0.2, 0.25) is 0 Å². The van der Waals surface area contributed by atoms with Crippen molar-refractivity contribution in [3.8, 4) is 17.6 Å². The first-order valence-corrected chi connectivity index (χ1v) is 6.82. The first-order chi connectivity index (χ1) is 9.22. The number of hydrogen-bond donors (Lipinski definition) is 1. The number of nitrogens with zero attached hydrogens (tertiary/aromatic N) is 1. The van der Waals surface area contributed by atoms with Crippen LogP contribution >= 0.6 is 0 Å². The maximum absolute atomic E-state index is 9.00. The molecular weight excluding hydrogens is 240 g/mol. The minimum absolute atomic E-state index is 0.224. The number of hydrogen-bond acceptors (Lipinski definition) is 4. The largest absolute Gasteiger partial charge is 0.492 e. The number of benzene rings is 1. The summed E-state index contributed by atoms with van der Waals surface area (Å²) in [4.78, 5) is 0. The highest BCUT2D eigenvalue weighted by Gasteiger charge is 2.20. The maximum atomic E-state index is 9.00. The third-order valence-electron chi connectivity index (χ3n) is 3.39. The molecule has 1 fully saturated rings. The zero-order valence-corrected chi connectivity index (χ0v) is 11.3. The Hall–Kier alpha value is -1.73. The molecule has 0 amide bonds. The predicted octanol–water partition coefficient (Wildman–Crippen LogP) is 2.61. The Labute approximate surface area is 114 Å². The van der Waals surface area contributed by atoms with Crippen molar-refractivity contribution >= 4 is 0 Å². The van der Waals surface area contributed by atoms with Gasteiger partial charge in [-0.05, 0) is 44.7 Å².